The third-order valence-electron chi connectivity index (χ3n) is 2.97. The minimum atomic E-state index is -2.14. The van der Waals surface area contributed by atoms with Crippen molar-refractivity contribution in [1.29, 1.82) is 0 Å². The molecule has 1 aliphatic heterocycles. The fourth-order valence-electron chi connectivity index (χ4n) is 2.05. The monoisotopic (exact) mass is 218 g/mol. The Kier molecular flexibility index (Phi) is 1.99. The number of hydrogen-bond acceptors (Lipinski definition) is 4. The molecule has 0 aromatic carbocycles. The molecule has 2 unspecified atom stereocenters. The molecule has 1 heterocycles. The highest BCUT2D eigenvalue weighted by atomic mass is 19.1. The minimum absolute atomic E-state index is 0.232. The zero-order chi connectivity index (χ0) is 11.3. The number of amides is 3. The molecule has 2 atom stereocenters. The highest BCUT2D eigenvalue weighted by molar-refractivity contribution is 6.03. The van der Waals surface area contributed by atoms with Gasteiger partial charge < -0.3 is 14.8 Å². The van der Waals surface area contributed by atoms with Crippen LogP contribution < -0.4 is 10.6 Å². The number of alkyl halides is 1. The van der Waals surface area contributed by atoms with E-state index in [-0.39, 0.29) is 6.42 Å². The van der Waals surface area contributed by atoms with Gasteiger partial charge in [0, 0.05) is 20.6 Å². The normalized spacial score (nSPS) is 37.4. The lowest BCUT2D eigenvalue weighted by atomic mass is 9.68. The van der Waals surface area contributed by atoms with Crippen LogP contribution in [0.4, 0.5) is 9.18 Å². The van der Waals surface area contributed by atoms with Crippen LogP contribution in [0.25, 0.3) is 0 Å². The number of fused-ring (bicyclic) bond motifs is 1. The van der Waals surface area contributed by atoms with Gasteiger partial charge in [0.2, 0.25) is 5.67 Å². The van der Waals surface area contributed by atoms with Crippen molar-refractivity contribution >= 4 is 11.9 Å². The summed E-state index contributed by atoms with van der Waals surface area (Å²) in [6, 6.07) is -1.84. The summed E-state index contributed by atoms with van der Waals surface area (Å²) >= 11 is 0. The van der Waals surface area contributed by atoms with E-state index in [1.54, 1.807) is 0 Å². The second kappa shape index (κ2) is 2.89. The van der Waals surface area contributed by atoms with Gasteiger partial charge in [0.15, 0.2) is 5.79 Å². The summed E-state index contributed by atoms with van der Waals surface area (Å²) < 4.78 is 24.0. The van der Waals surface area contributed by atoms with Gasteiger partial charge in [-0.25, -0.2) is 9.18 Å². The second-order valence-corrected chi connectivity index (χ2v) is 3.62. The average molecular weight is 218 g/mol. The zero-order valence-corrected chi connectivity index (χ0v) is 8.30. The summed E-state index contributed by atoms with van der Waals surface area (Å²) in [5, 5.41) is 4.15. The quantitative estimate of drug-likeness (QED) is 0.600. The van der Waals surface area contributed by atoms with E-state index in [9.17, 15) is 14.0 Å². The van der Waals surface area contributed by atoms with Crippen LogP contribution in [0, 0.1) is 0 Å². The largest absolute Gasteiger partial charge is 0.351 e. The van der Waals surface area contributed by atoms with Crippen molar-refractivity contribution in [3.8, 4) is 0 Å². The van der Waals surface area contributed by atoms with E-state index in [2.05, 4.69) is 5.32 Å². The summed E-state index contributed by atoms with van der Waals surface area (Å²) in [7, 11) is 2.67. The number of urea groups is 1. The number of imide groups is 1. The Bertz CT molecular complexity index is 331. The van der Waals surface area contributed by atoms with Crippen molar-refractivity contribution in [1.82, 2.24) is 10.6 Å². The topological polar surface area (TPSA) is 76.7 Å². The first-order valence-corrected chi connectivity index (χ1v) is 4.40. The number of ether oxygens (including phenoxy) is 2. The maximum atomic E-state index is 14.0. The van der Waals surface area contributed by atoms with Crippen LogP contribution in [0.15, 0.2) is 0 Å². The van der Waals surface area contributed by atoms with Gasteiger partial charge in [0.05, 0.1) is 0 Å². The van der Waals surface area contributed by atoms with Gasteiger partial charge >= 0.3 is 6.03 Å². The average Bonchev–Trinajstić information content (AvgIpc) is 2.20. The molecule has 0 bridgehead atoms. The van der Waals surface area contributed by atoms with E-state index in [0.29, 0.717) is 0 Å². The molecule has 0 aromatic heterocycles. The second-order valence-electron chi connectivity index (χ2n) is 3.62. The Morgan fingerprint density at radius 2 is 2.00 bits per heavy atom. The number of halogens is 1. The predicted molar refractivity (Wildman–Crippen MR) is 45.7 cm³/mol. The van der Waals surface area contributed by atoms with Crippen LogP contribution in [0.5, 0.6) is 0 Å². The minimum Gasteiger partial charge on any atom is -0.351 e. The molecular weight excluding hydrogens is 207 g/mol. The summed E-state index contributed by atoms with van der Waals surface area (Å²) in [6.45, 7) is 0. The lowest BCUT2D eigenvalue weighted by Gasteiger charge is -2.56. The maximum absolute atomic E-state index is 14.0. The number of carbonyl (C=O) groups is 2. The van der Waals surface area contributed by atoms with Crippen LogP contribution in [0.1, 0.15) is 6.42 Å². The van der Waals surface area contributed by atoms with Gasteiger partial charge in [-0.3, -0.25) is 10.1 Å². The summed E-state index contributed by atoms with van der Waals surface area (Å²) in [4.78, 5) is 22.3. The van der Waals surface area contributed by atoms with E-state index in [1.807, 2.05) is 5.32 Å². The molecule has 15 heavy (non-hydrogen) atoms. The van der Waals surface area contributed by atoms with Gasteiger partial charge in [-0.2, -0.15) is 0 Å². The van der Waals surface area contributed by atoms with Crippen molar-refractivity contribution in [2.45, 2.75) is 23.9 Å². The Hall–Kier alpha value is -1.21. The van der Waals surface area contributed by atoms with Gasteiger partial charge in [-0.1, -0.05) is 0 Å². The molecule has 2 rings (SSSR count). The molecule has 0 aromatic rings. The van der Waals surface area contributed by atoms with E-state index in [4.69, 9.17) is 9.47 Å². The van der Waals surface area contributed by atoms with E-state index in [0.717, 1.165) is 0 Å². The van der Waals surface area contributed by atoms with Crippen LogP contribution in [-0.2, 0) is 14.3 Å². The molecule has 1 saturated carbocycles. The summed E-state index contributed by atoms with van der Waals surface area (Å²) in [5.74, 6) is -2.19. The smallest absolute Gasteiger partial charge is 0.322 e. The van der Waals surface area contributed by atoms with E-state index < -0.39 is 29.4 Å². The molecular formula is C8H11FN2O4. The zero-order valence-electron chi connectivity index (χ0n) is 8.30. The molecule has 2 aliphatic rings. The lowest BCUT2D eigenvalue weighted by Crippen LogP contribution is -2.83. The van der Waals surface area contributed by atoms with Gasteiger partial charge in [0.1, 0.15) is 6.04 Å². The van der Waals surface area contributed by atoms with Crippen LogP contribution in [-0.4, -0.2) is 43.7 Å². The molecule has 0 spiro atoms. The Balaban J connectivity index is 2.28. The van der Waals surface area contributed by atoms with Crippen molar-refractivity contribution in [3.05, 3.63) is 0 Å². The number of hydrogen-bond donors (Lipinski definition) is 2. The third-order valence-corrected chi connectivity index (χ3v) is 2.97. The van der Waals surface area contributed by atoms with Crippen LogP contribution in [0.3, 0.4) is 0 Å². The third kappa shape index (κ3) is 1.10. The molecule has 84 valence electrons. The summed E-state index contributed by atoms with van der Waals surface area (Å²) in [6.07, 6.45) is -0.232. The SMILES string of the molecule is COC1(OC)CC2(F)C(=O)NC(=O)NC12. The van der Waals surface area contributed by atoms with Crippen molar-refractivity contribution in [2.75, 3.05) is 14.2 Å². The Morgan fingerprint density at radius 3 is 2.53 bits per heavy atom. The fourth-order valence-corrected chi connectivity index (χ4v) is 2.05. The molecule has 1 aliphatic carbocycles. The number of carbonyl (C=O) groups excluding carboxylic acids is 2. The lowest BCUT2D eigenvalue weighted by molar-refractivity contribution is -0.310. The molecule has 7 heteroatoms. The molecule has 6 nitrogen and oxygen atoms in total. The van der Waals surface area contributed by atoms with Crippen molar-refractivity contribution in [2.24, 2.45) is 0 Å². The van der Waals surface area contributed by atoms with E-state index in [1.165, 1.54) is 14.2 Å². The fraction of sp³-hybridized carbons (Fsp3) is 0.750. The predicted octanol–water partition coefficient (Wildman–Crippen LogP) is -0.704. The number of rotatable bonds is 2. The Morgan fingerprint density at radius 1 is 1.40 bits per heavy atom. The van der Waals surface area contributed by atoms with E-state index >= 15 is 0 Å². The maximum Gasteiger partial charge on any atom is 0.322 e. The number of nitrogens with one attached hydrogen (secondary N) is 2. The van der Waals surface area contributed by atoms with Gasteiger partial charge in [0.25, 0.3) is 5.91 Å². The first-order chi connectivity index (χ1) is 6.98. The number of methoxy groups -OCH3 is 2. The molecule has 3 amide bonds. The molecule has 0 radical (unpaired) electrons. The highest BCUT2D eigenvalue weighted by Gasteiger charge is 2.72. The van der Waals surface area contributed by atoms with Gasteiger partial charge in [-0.15, -0.1) is 0 Å². The first kappa shape index (κ1) is 10.3. The van der Waals surface area contributed by atoms with Crippen molar-refractivity contribution in [3.63, 3.8) is 0 Å². The molecule has 1 saturated heterocycles. The summed E-state index contributed by atoms with van der Waals surface area (Å²) in [5.41, 5.74) is -2.14. The van der Waals surface area contributed by atoms with Crippen molar-refractivity contribution < 1.29 is 23.5 Å². The highest BCUT2D eigenvalue weighted by Crippen LogP contribution is 2.48. The van der Waals surface area contributed by atoms with Gasteiger partial charge in [-0.05, 0) is 0 Å². The first-order valence-electron chi connectivity index (χ1n) is 4.40. The van der Waals surface area contributed by atoms with Crippen LogP contribution in [0.2, 0.25) is 0 Å². The standard InChI is InChI=1S/C8H11FN2O4/c1-14-8(15-2)3-7(9)4(8)10-6(13)11-5(7)12/h4H,3H2,1-2H3,(H2,10,11,12,13). The van der Waals surface area contributed by atoms with Crippen LogP contribution >= 0.6 is 0 Å². The molecule has 2 fully saturated rings. The Labute approximate surface area is 85.1 Å². The molecule has 2 N–H and O–H groups in total.